The van der Waals surface area contributed by atoms with Gasteiger partial charge in [0.1, 0.15) is 5.82 Å². The van der Waals surface area contributed by atoms with Crippen LogP contribution >= 0.6 is 0 Å². The summed E-state index contributed by atoms with van der Waals surface area (Å²) in [7, 11) is 1.87. The summed E-state index contributed by atoms with van der Waals surface area (Å²) < 4.78 is 0. The molecule has 0 bridgehead atoms. The molecule has 1 aliphatic heterocycles. The number of imidazole rings is 1. The SMILES string of the molecule is CNC1CC2CC2CN(Cc2ncc[nH]2)C1=O. The molecule has 1 amide bonds. The number of hydrogen-bond donors (Lipinski definition) is 2. The number of aromatic nitrogens is 2. The summed E-state index contributed by atoms with van der Waals surface area (Å²) in [4.78, 5) is 21.5. The van der Waals surface area contributed by atoms with E-state index < -0.39 is 0 Å². The molecule has 1 aliphatic carbocycles. The van der Waals surface area contributed by atoms with Gasteiger partial charge in [0.15, 0.2) is 0 Å². The van der Waals surface area contributed by atoms with Crippen molar-refractivity contribution in [1.29, 1.82) is 0 Å². The molecule has 5 heteroatoms. The Hall–Kier alpha value is -1.36. The number of aromatic amines is 1. The van der Waals surface area contributed by atoms with Crippen LogP contribution in [0.5, 0.6) is 0 Å². The van der Waals surface area contributed by atoms with Crippen molar-refractivity contribution in [3.63, 3.8) is 0 Å². The predicted octanol–water partition coefficient (Wildman–Crippen LogP) is 0.366. The van der Waals surface area contributed by atoms with Crippen molar-refractivity contribution < 1.29 is 4.79 Å². The molecule has 0 aromatic carbocycles. The summed E-state index contributed by atoms with van der Waals surface area (Å²) in [6.07, 6.45) is 5.80. The van der Waals surface area contributed by atoms with E-state index in [-0.39, 0.29) is 11.9 Å². The number of amides is 1. The fourth-order valence-electron chi connectivity index (χ4n) is 2.77. The first kappa shape index (κ1) is 10.8. The molecule has 3 rings (SSSR count). The molecule has 0 spiro atoms. The van der Waals surface area contributed by atoms with Crippen molar-refractivity contribution in [2.75, 3.05) is 13.6 Å². The van der Waals surface area contributed by atoms with Gasteiger partial charge in [0.2, 0.25) is 5.91 Å². The fraction of sp³-hybridized carbons (Fsp3) is 0.667. The summed E-state index contributed by atoms with van der Waals surface area (Å²) in [5.74, 6) is 2.55. The number of carbonyl (C=O) groups excluding carboxylic acids is 1. The normalized spacial score (nSPS) is 32.2. The van der Waals surface area contributed by atoms with E-state index in [4.69, 9.17) is 0 Å². The van der Waals surface area contributed by atoms with Gasteiger partial charge in [0, 0.05) is 18.9 Å². The minimum Gasteiger partial charge on any atom is -0.347 e. The van der Waals surface area contributed by atoms with Crippen LogP contribution in [0, 0.1) is 11.8 Å². The van der Waals surface area contributed by atoms with Crippen LogP contribution in [0.3, 0.4) is 0 Å². The number of carbonyl (C=O) groups is 1. The number of rotatable bonds is 3. The van der Waals surface area contributed by atoms with Crippen molar-refractivity contribution in [3.8, 4) is 0 Å². The number of H-pyrrole nitrogens is 1. The van der Waals surface area contributed by atoms with E-state index in [1.807, 2.05) is 11.9 Å². The smallest absolute Gasteiger partial charge is 0.240 e. The molecule has 2 aliphatic rings. The summed E-state index contributed by atoms with van der Waals surface area (Å²) >= 11 is 0. The Morgan fingerprint density at radius 1 is 1.53 bits per heavy atom. The van der Waals surface area contributed by atoms with Crippen molar-refractivity contribution in [3.05, 3.63) is 18.2 Å². The average molecular weight is 234 g/mol. The van der Waals surface area contributed by atoms with Gasteiger partial charge in [-0.2, -0.15) is 0 Å². The van der Waals surface area contributed by atoms with Crippen LogP contribution in [-0.4, -0.2) is 40.4 Å². The first-order valence-corrected chi connectivity index (χ1v) is 6.22. The molecule has 1 saturated heterocycles. The second kappa shape index (κ2) is 4.14. The monoisotopic (exact) mass is 234 g/mol. The van der Waals surface area contributed by atoms with Crippen LogP contribution in [0.2, 0.25) is 0 Å². The molecule has 92 valence electrons. The Morgan fingerprint density at radius 2 is 2.41 bits per heavy atom. The lowest BCUT2D eigenvalue weighted by molar-refractivity contribution is -0.133. The van der Waals surface area contributed by atoms with Crippen LogP contribution in [0.4, 0.5) is 0 Å². The topological polar surface area (TPSA) is 61.0 Å². The molecule has 2 heterocycles. The Labute approximate surface area is 101 Å². The highest BCUT2D eigenvalue weighted by Crippen LogP contribution is 2.44. The van der Waals surface area contributed by atoms with Crippen molar-refractivity contribution in [2.45, 2.75) is 25.4 Å². The van der Waals surface area contributed by atoms with E-state index in [2.05, 4.69) is 15.3 Å². The maximum atomic E-state index is 12.3. The Bertz CT molecular complexity index is 403. The number of nitrogens with zero attached hydrogens (tertiary/aromatic N) is 2. The van der Waals surface area contributed by atoms with Gasteiger partial charge in [-0.05, 0) is 31.7 Å². The molecule has 3 unspecified atom stereocenters. The van der Waals surface area contributed by atoms with E-state index in [9.17, 15) is 4.79 Å². The minimum absolute atomic E-state index is 0.0116. The molecule has 17 heavy (non-hydrogen) atoms. The van der Waals surface area contributed by atoms with Gasteiger partial charge < -0.3 is 15.2 Å². The highest BCUT2D eigenvalue weighted by molar-refractivity contribution is 5.82. The molecule has 2 N–H and O–H groups in total. The van der Waals surface area contributed by atoms with Gasteiger partial charge in [-0.25, -0.2) is 4.98 Å². The number of likely N-dealkylation sites (N-methyl/N-ethyl adjacent to an activating group) is 1. The fourth-order valence-corrected chi connectivity index (χ4v) is 2.77. The highest BCUT2D eigenvalue weighted by Gasteiger charge is 2.45. The zero-order valence-electron chi connectivity index (χ0n) is 10.0. The predicted molar refractivity (Wildman–Crippen MR) is 63.1 cm³/mol. The molecular formula is C12H18N4O. The van der Waals surface area contributed by atoms with Crippen LogP contribution in [-0.2, 0) is 11.3 Å². The minimum atomic E-state index is -0.0116. The zero-order chi connectivity index (χ0) is 11.8. The van der Waals surface area contributed by atoms with Crippen molar-refractivity contribution >= 4 is 5.91 Å². The van der Waals surface area contributed by atoms with Gasteiger partial charge in [-0.3, -0.25) is 4.79 Å². The van der Waals surface area contributed by atoms with Gasteiger partial charge in [0.05, 0.1) is 12.6 Å². The maximum Gasteiger partial charge on any atom is 0.240 e. The van der Waals surface area contributed by atoms with Gasteiger partial charge in [-0.1, -0.05) is 0 Å². The number of nitrogens with one attached hydrogen (secondary N) is 2. The molecule has 1 saturated carbocycles. The third-order valence-corrected chi connectivity index (χ3v) is 3.92. The van der Waals surface area contributed by atoms with Gasteiger partial charge in [-0.15, -0.1) is 0 Å². The molecule has 5 nitrogen and oxygen atoms in total. The standard InChI is InChI=1S/C12H18N4O/c1-13-10-5-8-4-9(8)6-16(12(10)17)7-11-14-2-3-15-11/h2-3,8-10,13H,4-7H2,1H3,(H,14,15). The molecular weight excluding hydrogens is 216 g/mol. The second-order valence-electron chi connectivity index (χ2n) is 5.09. The Kier molecular flexibility index (Phi) is 2.63. The highest BCUT2D eigenvalue weighted by atomic mass is 16.2. The Balaban J connectivity index is 1.74. The quantitative estimate of drug-likeness (QED) is 0.794. The molecule has 0 radical (unpaired) electrons. The second-order valence-corrected chi connectivity index (χ2v) is 5.09. The third-order valence-electron chi connectivity index (χ3n) is 3.92. The summed E-state index contributed by atoms with van der Waals surface area (Å²) in [5, 5.41) is 3.14. The summed E-state index contributed by atoms with van der Waals surface area (Å²) in [6.45, 7) is 1.50. The van der Waals surface area contributed by atoms with Crippen LogP contribution < -0.4 is 5.32 Å². The molecule has 1 aromatic heterocycles. The third kappa shape index (κ3) is 2.07. The maximum absolute atomic E-state index is 12.3. The molecule has 1 aromatic rings. The van der Waals surface area contributed by atoms with Gasteiger partial charge in [0.25, 0.3) is 0 Å². The van der Waals surface area contributed by atoms with E-state index in [1.54, 1.807) is 12.4 Å². The number of likely N-dealkylation sites (tertiary alicyclic amines) is 1. The van der Waals surface area contributed by atoms with Crippen molar-refractivity contribution in [2.24, 2.45) is 11.8 Å². The number of fused-ring (bicyclic) bond motifs is 1. The van der Waals surface area contributed by atoms with Crippen LogP contribution in [0.15, 0.2) is 12.4 Å². The van der Waals surface area contributed by atoms with Crippen LogP contribution in [0.25, 0.3) is 0 Å². The number of hydrogen-bond acceptors (Lipinski definition) is 3. The van der Waals surface area contributed by atoms with E-state index in [1.165, 1.54) is 6.42 Å². The summed E-state index contributed by atoms with van der Waals surface area (Å²) in [6, 6.07) is -0.0116. The Morgan fingerprint density at radius 3 is 3.12 bits per heavy atom. The largest absolute Gasteiger partial charge is 0.347 e. The van der Waals surface area contributed by atoms with E-state index in [0.29, 0.717) is 12.5 Å². The molecule has 2 fully saturated rings. The first-order valence-electron chi connectivity index (χ1n) is 6.22. The lowest BCUT2D eigenvalue weighted by Crippen LogP contribution is -2.44. The zero-order valence-corrected chi connectivity index (χ0v) is 10.0. The summed E-state index contributed by atoms with van der Waals surface area (Å²) in [5.41, 5.74) is 0. The molecule has 3 atom stereocenters. The first-order chi connectivity index (χ1) is 8.28. The average Bonchev–Trinajstić information content (AvgIpc) is 2.86. The van der Waals surface area contributed by atoms with Gasteiger partial charge >= 0.3 is 0 Å². The lowest BCUT2D eigenvalue weighted by atomic mass is 10.1. The van der Waals surface area contributed by atoms with E-state index in [0.717, 1.165) is 24.7 Å². The van der Waals surface area contributed by atoms with E-state index >= 15 is 0 Å². The van der Waals surface area contributed by atoms with Crippen molar-refractivity contribution in [1.82, 2.24) is 20.2 Å². The van der Waals surface area contributed by atoms with Crippen LogP contribution in [0.1, 0.15) is 18.7 Å². The lowest BCUT2D eigenvalue weighted by Gasteiger charge is -2.24.